The Labute approximate surface area is 123 Å². The summed E-state index contributed by atoms with van der Waals surface area (Å²) >= 11 is 0. The minimum Gasteiger partial charge on any atom is -0.478 e. The summed E-state index contributed by atoms with van der Waals surface area (Å²) in [5, 5.41) is 19.0. The van der Waals surface area contributed by atoms with Crippen molar-refractivity contribution < 1.29 is 23.4 Å². The summed E-state index contributed by atoms with van der Waals surface area (Å²) in [6.07, 6.45) is 0.618. The smallest absolute Gasteiger partial charge is 0.337 e. The van der Waals surface area contributed by atoms with Crippen molar-refractivity contribution in [2.75, 3.05) is 18.8 Å². The third-order valence-electron chi connectivity index (χ3n) is 3.65. The molecule has 0 spiro atoms. The third-order valence-corrected chi connectivity index (χ3v) is 5.61. The number of nitrogen functional groups attached to an aromatic ring is 1. The maximum absolute atomic E-state index is 12.6. The van der Waals surface area contributed by atoms with Crippen molar-refractivity contribution in [1.82, 2.24) is 4.31 Å². The lowest BCUT2D eigenvalue weighted by molar-refractivity contribution is 0.0125. The Morgan fingerprint density at radius 3 is 2.43 bits per heavy atom. The van der Waals surface area contributed by atoms with E-state index in [1.165, 1.54) is 16.4 Å². The van der Waals surface area contributed by atoms with E-state index in [2.05, 4.69) is 0 Å². The van der Waals surface area contributed by atoms with E-state index in [4.69, 9.17) is 10.8 Å². The molecule has 21 heavy (non-hydrogen) atoms. The Morgan fingerprint density at radius 2 is 1.90 bits per heavy atom. The largest absolute Gasteiger partial charge is 0.478 e. The molecule has 1 aliphatic rings. The summed E-state index contributed by atoms with van der Waals surface area (Å²) in [5.74, 6) is -1.34. The van der Waals surface area contributed by atoms with E-state index in [9.17, 15) is 18.3 Å². The van der Waals surface area contributed by atoms with Gasteiger partial charge in [-0.05, 0) is 38.0 Å². The first kappa shape index (κ1) is 15.7. The molecule has 116 valence electrons. The van der Waals surface area contributed by atoms with Crippen LogP contribution in [-0.4, -0.2) is 47.6 Å². The number of rotatable bonds is 3. The Morgan fingerprint density at radius 1 is 1.33 bits per heavy atom. The highest BCUT2D eigenvalue weighted by Crippen LogP contribution is 2.28. The van der Waals surface area contributed by atoms with Crippen LogP contribution in [0.4, 0.5) is 5.69 Å². The van der Waals surface area contributed by atoms with Gasteiger partial charge in [0, 0.05) is 18.8 Å². The van der Waals surface area contributed by atoms with Gasteiger partial charge in [-0.3, -0.25) is 0 Å². The molecule has 0 aliphatic carbocycles. The molecule has 1 saturated heterocycles. The van der Waals surface area contributed by atoms with Crippen LogP contribution in [0.5, 0.6) is 0 Å². The van der Waals surface area contributed by atoms with Gasteiger partial charge in [0.2, 0.25) is 10.0 Å². The molecule has 4 N–H and O–H groups in total. The first-order chi connectivity index (χ1) is 9.63. The zero-order valence-corrected chi connectivity index (χ0v) is 12.4. The molecule has 0 saturated carbocycles. The average molecular weight is 314 g/mol. The molecule has 1 heterocycles. The minimum atomic E-state index is -3.92. The van der Waals surface area contributed by atoms with E-state index in [1.807, 2.05) is 0 Å². The molecule has 1 aromatic rings. The summed E-state index contributed by atoms with van der Waals surface area (Å²) in [6.45, 7) is 1.96. The zero-order valence-electron chi connectivity index (χ0n) is 11.6. The van der Waals surface area contributed by atoms with Crippen LogP contribution < -0.4 is 5.73 Å². The van der Waals surface area contributed by atoms with Gasteiger partial charge >= 0.3 is 5.97 Å². The van der Waals surface area contributed by atoms with E-state index in [0.717, 1.165) is 6.07 Å². The second-order valence-electron chi connectivity index (χ2n) is 5.46. The lowest BCUT2D eigenvalue weighted by Gasteiger charge is -2.35. The standard InChI is InChI=1S/C13H18N2O5S/c1-13(18)4-6-15(7-5-13)21(19,20)11-3-2-9(14)8-10(11)12(16)17/h2-3,8,18H,4-7,14H2,1H3,(H,16,17). The van der Waals surface area contributed by atoms with Gasteiger partial charge in [-0.1, -0.05) is 0 Å². The molecule has 2 rings (SSSR count). The fourth-order valence-corrected chi connectivity index (χ4v) is 3.89. The van der Waals surface area contributed by atoms with Gasteiger partial charge in [-0.2, -0.15) is 4.31 Å². The number of carbonyl (C=O) groups is 1. The molecular weight excluding hydrogens is 296 g/mol. The number of carboxylic acid groups (broad SMARTS) is 1. The van der Waals surface area contributed by atoms with Crippen molar-refractivity contribution in [1.29, 1.82) is 0 Å². The molecule has 1 fully saturated rings. The molecular formula is C13H18N2O5S. The predicted molar refractivity (Wildman–Crippen MR) is 76.4 cm³/mol. The van der Waals surface area contributed by atoms with E-state index in [-0.39, 0.29) is 29.2 Å². The highest BCUT2D eigenvalue weighted by molar-refractivity contribution is 7.89. The van der Waals surface area contributed by atoms with Crippen LogP contribution in [0.15, 0.2) is 23.1 Å². The normalized spacial score (nSPS) is 19.3. The summed E-state index contributed by atoms with van der Waals surface area (Å²) < 4.78 is 26.3. The summed E-state index contributed by atoms with van der Waals surface area (Å²) in [6, 6.07) is 3.70. The average Bonchev–Trinajstić information content (AvgIpc) is 2.37. The molecule has 0 radical (unpaired) electrons. The number of piperidine rings is 1. The molecule has 0 aromatic heterocycles. The van der Waals surface area contributed by atoms with Crippen molar-refractivity contribution >= 4 is 21.7 Å². The molecule has 1 aliphatic heterocycles. The number of anilines is 1. The lowest BCUT2D eigenvalue weighted by Crippen LogP contribution is -2.45. The number of sulfonamides is 1. The number of aliphatic hydroxyl groups is 1. The van der Waals surface area contributed by atoms with Crippen molar-refractivity contribution in [2.24, 2.45) is 0 Å². The summed E-state index contributed by atoms with van der Waals surface area (Å²) in [4.78, 5) is 11.0. The number of nitrogens with two attached hydrogens (primary N) is 1. The molecule has 0 atom stereocenters. The Kier molecular flexibility index (Phi) is 3.96. The quantitative estimate of drug-likeness (QED) is 0.699. The number of hydrogen-bond acceptors (Lipinski definition) is 5. The Hall–Kier alpha value is -1.64. The predicted octanol–water partition coefficient (Wildman–Crippen LogP) is 0.502. The van der Waals surface area contributed by atoms with Crippen molar-refractivity contribution in [3.8, 4) is 0 Å². The van der Waals surface area contributed by atoms with Crippen LogP contribution in [0.1, 0.15) is 30.1 Å². The fourth-order valence-electron chi connectivity index (χ4n) is 2.29. The summed E-state index contributed by atoms with van der Waals surface area (Å²) in [5.41, 5.74) is 4.48. The topological polar surface area (TPSA) is 121 Å². The molecule has 0 unspecified atom stereocenters. The summed E-state index contributed by atoms with van der Waals surface area (Å²) in [7, 11) is -3.92. The maximum Gasteiger partial charge on any atom is 0.337 e. The van der Waals surface area contributed by atoms with Gasteiger partial charge < -0.3 is 15.9 Å². The fraction of sp³-hybridized carbons (Fsp3) is 0.462. The van der Waals surface area contributed by atoms with Crippen molar-refractivity contribution in [3.63, 3.8) is 0 Å². The van der Waals surface area contributed by atoms with Gasteiger partial charge in [0.25, 0.3) is 0 Å². The van der Waals surface area contributed by atoms with E-state index in [1.54, 1.807) is 6.92 Å². The second-order valence-corrected chi connectivity index (χ2v) is 7.37. The number of hydrogen-bond donors (Lipinski definition) is 3. The molecule has 7 nitrogen and oxygen atoms in total. The number of nitrogens with zero attached hydrogens (tertiary/aromatic N) is 1. The monoisotopic (exact) mass is 314 g/mol. The number of benzene rings is 1. The van der Waals surface area contributed by atoms with Gasteiger partial charge in [-0.25, -0.2) is 13.2 Å². The Balaban J connectivity index is 2.39. The van der Waals surface area contributed by atoms with Crippen LogP contribution in [0.25, 0.3) is 0 Å². The van der Waals surface area contributed by atoms with E-state index >= 15 is 0 Å². The molecule has 0 amide bonds. The van der Waals surface area contributed by atoms with E-state index < -0.39 is 21.6 Å². The van der Waals surface area contributed by atoms with Crippen molar-refractivity contribution in [2.45, 2.75) is 30.3 Å². The SMILES string of the molecule is CC1(O)CCN(S(=O)(=O)c2ccc(N)cc2C(=O)O)CC1. The van der Waals surface area contributed by atoms with Gasteiger partial charge in [0.15, 0.2) is 0 Å². The van der Waals surface area contributed by atoms with Gasteiger partial charge in [0.05, 0.1) is 16.1 Å². The third kappa shape index (κ3) is 3.17. The van der Waals surface area contributed by atoms with Crippen LogP contribution >= 0.6 is 0 Å². The van der Waals surface area contributed by atoms with Crippen molar-refractivity contribution in [3.05, 3.63) is 23.8 Å². The number of aromatic carboxylic acids is 1. The lowest BCUT2D eigenvalue weighted by atomic mass is 9.95. The molecule has 0 bridgehead atoms. The Bertz CT molecular complexity index is 659. The first-order valence-electron chi connectivity index (χ1n) is 6.49. The first-order valence-corrected chi connectivity index (χ1v) is 7.93. The van der Waals surface area contributed by atoms with Crippen LogP contribution in [0, 0.1) is 0 Å². The zero-order chi connectivity index (χ0) is 15.8. The minimum absolute atomic E-state index is 0.152. The highest BCUT2D eigenvalue weighted by atomic mass is 32.2. The molecule has 8 heteroatoms. The number of carboxylic acids is 1. The van der Waals surface area contributed by atoms with Crippen LogP contribution in [0.3, 0.4) is 0 Å². The molecule has 1 aromatic carbocycles. The second kappa shape index (κ2) is 5.28. The van der Waals surface area contributed by atoms with Gasteiger partial charge in [0.1, 0.15) is 0 Å². The maximum atomic E-state index is 12.6. The van der Waals surface area contributed by atoms with Crippen LogP contribution in [0.2, 0.25) is 0 Å². The van der Waals surface area contributed by atoms with Crippen LogP contribution in [-0.2, 0) is 10.0 Å². The van der Waals surface area contributed by atoms with E-state index in [0.29, 0.717) is 12.8 Å². The highest BCUT2D eigenvalue weighted by Gasteiger charge is 2.35. The van der Waals surface area contributed by atoms with Gasteiger partial charge in [-0.15, -0.1) is 0 Å².